The molecule has 0 bridgehead atoms. The van der Waals surface area contributed by atoms with Gasteiger partial charge in [-0.3, -0.25) is 0 Å². The molecule has 112 valence electrons. The summed E-state index contributed by atoms with van der Waals surface area (Å²) in [6, 6.07) is 3.58. The Morgan fingerprint density at radius 2 is 1.67 bits per heavy atom. The van der Waals surface area contributed by atoms with Crippen LogP contribution in [0.15, 0.2) is 24.4 Å². The van der Waals surface area contributed by atoms with E-state index in [0.717, 1.165) is 43.5 Å². The zero-order valence-corrected chi connectivity index (χ0v) is 12.3. The highest BCUT2D eigenvalue weighted by Gasteiger charge is 2.23. The molecule has 0 amide bonds. The normalized spacial score (nSPS) is 17.3. The van der Waals surface area contributed by atoms with Crippen LogP contribution in [0.25, 0.3) is 11.3 Å². The molecule has 3 rings (SSSR count). The maximum Gasteiger partial charge on any atom is 0.126 e. The zero-order valence-electron chi connectivity index (χ0n) is 12.3. The average Bonchev–Trinajstić information content (AvgIpc) is 2.80. The van der Waals surface area contributed by atoms with Gasteiger partial charge in [0.25, 0.3) is 0 Å². The van der Waals surface area contributed by atoms with Crippen molar-refractivity contribution in [2.75, 3.05) is 20.1 Å². The first-order chi connectivity index (χ1) is 10.0. The fourth-order valence-electron chi connectivity index (χ4n) is 3.04. The van der Waals surface area contributed by atoms with Gasteiger partial charge >= 0.3 is 0 Å². The van der Waals surface area contributed by atoms with E-state index in [1.54, 1.807) is 6.20 Å². The number of imidazole rings is 1. The summed E-state index contributed by atoms with van der Waals surface area (Å²) in [4.78, 5) is 6.81. The van der Waals surface area contributed by atoms with Crippen LogP contribution >= 0.6 is 0 Å². The van der Waals surface area contributed by atoms with Crippen molar-refractivity contribution in [2.45, 2.75) is 18.8 Å². The number of hydrogen-bond acceptors (Lipinski definition) is 2. The lowest BCUT2D eigenvalue weighted by atomic mass is 9.96. The van der Waals surface area contributed by atoms with Crippen LogP contribution in [0.4, 0.5) is 8.78 Å². The van der Waals surface area contributed by atoms with Gasteiger partial charge in [0, 0.05) is 24.6 Å². The summed E-state index contributed by atoms with van der Waals surface area (Å²) < 4.78 is 28.7. The molecule has 0 N–H and O–H groups in total. The molecule has 1 saturated heterocycles. The summed E-state index contributed by atoms with van der Waals surface area (Å²) in [6.45, 7) is 2.11. The SMILES string of the molecule is CN1CCC(c2ncc(-c3cc(F)cc(F)c3)n2C)CC1. The van der Waals surface area contributed by atoms with Gasteiger partial charge in [-0.15, -0.1) is 0 Å². The fraction of sp³-hybridized carbons (Fsp3) is 0.438. The van der Waals surface area contributed by atoms with Crippen LogP contribution in [0.5, 0.6) is 0 Å². The molecule has 1 aliphatic heterocycles. The van der Waals surface area contributed by atoms with E-state index in [1.165, 1.54) is 12.1 Å². The highest BCUT2D eigenvalue weighted by molar-refractivity contribution is 5.59. The first kappa shape index (κ1) is 14.2. The largest absolute Gasteiger partial charge is 0.331 e. The van der Waals surface area contributed by atoms with Gasteiger partial charge in [0.05, 0.1) is 11.9 Å². The lowest BCUT2D eigenvalue weighted by Crippen LogP contribution is -2.30. The minimum atomic E-state index is -0.563. The molecule has 21 heavy (non-hydrogen) atoms. The van der Waals surface area contributed by atoms with E-state index in [1.807, 2.05) is 11.6 Å². The van der Waals surface area contributed by atoms with Gasteiger partial charge < -0.3 is 9.47 Å². The molecule has 1 aromatic heterocycles. The standard InChI is InChI=1S/C16H19F2N3/c1-20-5-3-11(4-6-20)16-19-10-15(21(16)2)12-7-13(17)9-14(18)8-12/h7-11H,3-6H2,1-2H3. The Labute approximate surface area is 123 Å². The van der Waals surface area contributed by atoms with Gasteiger partial charge in [-0.25, -0.2) is 13.8 Å². The molecule has 2 aromatic rings. The minimum Gasteiger partial charge on any atom is -0.331 e. The van der Waals surface area contributed by atoms with Gasteiger partial charge in [-0.05, 0) is 45.1 Å². The molecule has 1 fully saturated rings. The topological polar surface area (TPSA) is 21.1 Å². The van der Waals surface area contributed by atoms with Gasteiger partial charge in [-0.2, -0.15) is 0 Å². The first-order valence-electron chi connectivity index (χ1n) is 7.21. The molecular formula is C16H19F2N3. The highest BCUT2D eigenvalue weighted by atomic mass is 19.1. The quantitative estimate of drug-likeness (QED) is 0.847. The van der Waals surface area contributed by atoms with Crippen molar-refractivity contribution in [3.05, 3.63) is 41.9 Å². The number of piperidine rings is 1. The molecule has 5 heteroatoms. The Kier molecular flexibility index (Phi) is 3.76. The molecule has 0 unspecified atom stereocenters. The molecule has 3 nitrogen and oxygen atoms in total. The number of benzene rings is 1. The molecule has 2 heterocycles. The molecule has 0 aliphatic carbocycles. The lowest BCUT2D eigenvalue weighted by Gasteiger charge is -2.28. The summed E-state index contributed by atoms with van der Waals surface area (Å²) in [7, 11) is 4.04. The van der Waals surface area contributed by atoms with Crippen LogP contribution < -0.4 is 0 Å². The Morgan fingerprint density at radius 3 is 2.29 bits per heavy atom. The van der Waals surface area contributed by atoms with Crippen LogP contribution in [-0.2, 0) is 7.05 Å². The van der Waals surface area contributed by atoms with E-state index >= 15 is 0 Å². The predicted molar refractivity (Wildman–Crippen MR) is 78.0 cm³/mol. The summed E-state index contributed by atoms with van der Waals surface area (Å²) >= 11 is 0. The van der Waals surface area contributed by atoms with Gasteiger partial charge in [0.2, 0.25) is 0 Å². The third-order valence-corrected chi connectivity index (χ3v) is 4.27. The summed E-state index contributed by atoms with van der Waals surface area (Å²) in [5.74, 6) is 0.292. The van der Waals surface area contributed by atoms with E-state index in [-0.39, 0.29) is 0 Å². The fourth-order valence-corrected chi connectivity index (χ4v) is 3.04. The van der Waals surface area contributed by atoms with E-state index in [4.69, 9.17) is 0 Å². The van der Waals surface area contributed by atoms with Crippen molar-refractivity contribution >= 4 is 0 Å². The van der Waals surface area contributed by atoms with E-state index in [0.29, 0.717) is 11.5 Å². The van der Waals surface area contributed by atoms with Gasteiger partial charge in [0.15, 0.2) is 0 Å². The summed E-state index contributed by atoms with van der Waals surface area (Å²) in [5, 5.41) is 0. The maximum absolute atomic E-state index is 13.4. The van der Waals surface area contributed by atoms with Gasteiger partial charge in [-0.1, -0.05) is 0 Å². The molecular weight excluding hydrogens is 272 g/mol. The van der Waals surface area contributed by atoms with Crippen LogP contribution in [0.2, 0.25) is 0 Å². The van der Waals surface area contributed by atoms with E-state index in [2.05, 4.69) is 16.9 Å². The van der Waals surface area contributed by atoms with Crippen LogP contribution in [0, 0.1) is 11.6 Å². The number of hydrogen-bond donors (Lipinski definition) is 0. The molecule has 0 radical (unpaired) electrons. The molecule has 0 atom stereocenters. The Bertz CT molecular complexity index is 623. The number of nitrogens with zero attached hydrogens (tertiary/aromatic N) is 3. The van der Waals surface area contributed by atoms with Crippen molar-refractivity contribution in [3.63, 3.8) is 0 Å². The Hall–Kier alpha value is -1.75. The second kappa shape index (κ2) is 5.56. The molecule has 0 saturated carbocycles. The summed E-state index contributed by atoms with van der Waals surface area (Å²) in [5.41, 5.74) is 1.28. The third kappa shape index (κ3) is 2.83. The monoisotopic (exact) mass is 291 g/mol. The Balaban J connectivity index is 1.92. The molecule has 0 spiro atoms. The van der Waals surface area contributed by atoms with Crippen molar-refractivity contribution in [1.82, 2.24) is 14.5 Å². The Morgan fingerprint density at radius 1 is 1.05 bits per heavy atom. The predicted octanol–water partition coefficient (Wildman–Crippen LogP) is 3.17. The van der Waals surface area contributed by atoms with Crippen LogP contribution in [0.3, 0.4) is 0 Å². The zero-order chi connectivity index (χ0) is 15.0. The van der Waals surface area contributed by atoms with Gasteiger partial charge in [0.1, 0.15) is 17.5 Å². The first-order valence-corrected chi connectivity index (χ1v) is 7.21. The maximum atomic E-state index is 13.4. The second-order valence-electron chi connectivity index (χ2n) is 5.80. The molecule has 1 aromatic carbocycles. The van der Waals surface area contributed by atoms with Crippen molar-refractivity contribution in [1.29, 1.82) is 0 Å². The number of rotatable bonds is 2. The van der Waals surface area contributed by atoms with Crippen molar-refractivity contribution in [3.8, 4) is 11.3 Å². The van der Waals surface area contributed by atoms with Crippen molar-refractivity contribution in [2.24, 2.45) is 7.05 Å². The number of aromatic nitrogens is 2. The third-order valence-electron chi connectivity index (χ3n) is 4.27. The summed E-state index contributed by atoms with van der Waals surface area (Å²) in [6.07, 6.45) is 3.85. The van der Waals surface area contributed by atoms with Crippen molar-refractivity contribution < 1.29 is 8.78 Å². The van der Waals surface area contributed by atoms with Crippen LogP contribution in [-0.4, -0.2) is 34.6 Å². The minimum absolute atomic E-state index is 0.415. The lowest BCUT2D eigenvalue weighted by molar-refractivity contribution is 0.249. The molecule has 1 aliphatic rings. The second-order valence-corrected chi connectivity index (χ2v) is 5.80. The smallest absolute Gasteiger partial charge is 0.126 e. The highest BCUT2D eigenvalue weighted by Crippen LogP contribution is 2.30. The van der Waals surface area contributed by atoms with E-state index in [9.17, 15) is 8.78 Å². The van der Waals surface area contributed by atoms with E-state index < -0.39 is 11.6 Å². The average molecular weight is 291 g/mol. The number of halogens is 2. The number of likely N-dealkylation sites (tertiary alicyclic amines) is 1. The van der Waals surface area contributed by atoms with Crippen LogP contribution in [0.1, 0.15) is 24.6 Å².